The third kappa shape index (κ3) is 1.95. The van der Waals surface area contributed by atoms with Gasteiger partial charge >= 0.3 is 0 Å². The van der Waals surface area contributed by atoms with Gasteiger partial charge in [-0.1, -0.05) is 17.3 Å². The highest BCUT2D eigenvalue weighted by molar-refractivity contribution is 5.74. The second-order valence-corrected chi connectivity index (χ2v) is 3.67. The summed E-state index contributed by atoms with van der Waals surface area (Å²) in [5.41, 5.74) is 2.72. The van der Waals surface area contributed by atoms with Gasteiger partial charge in [-0.3, -0.25) is 4.79 Å². The molecule has 0 saturated carbocycles. The van der Waals surface area contributed by atoms with Crippen LogP contribution in [0.15, 0.2) is 34.9 Å². The second kappa shape index (κ2) is 4.18. The van der Waals surface area contributed by atoms with Gasteiger partial charge in [0.2, 0.25) is 0 Å². The van der Waals surface area contributed by atoms with Crippen LogP contribution in [-0.4, -0.2) is 25.5 Å². The van der Waals surface area contributed by atoms with Gasteiger partial charge in [0.1, 0.15) is 5.69 Å². The van der Waals surface area contributed by atoms with Gasteiger partial charge in [0.05, 0.1) is 0 Å². The zero-order chi connectivity index (χ0) is 11.5. The minimum Gasteiger partial charge on any atom is -0.378 e. The number of hydrogen-bond donors (Lipinski definition) is 0. The molecule has 0 radical (unpaired) electrons. The van der Waals surface area contributed by atoms with E-state index in [1.807, 2.05) is 43.3 Å². The SMILES string of the molecule is CN(C)c1ccc(-c2cc(C=O)on2)cc1. The predicted octanol–water partition coefficient (Wildman–Crippen LogP) is 2.22. The molecular weight excluding hydrogens is 204 g/mol. The van der Waals surface area contributed by atoms with Gasteiger partial charge in [-0.05, 0) is 12.1 Å². The van der Waals surface area contributed by atoms with Crippen LogP contribution in [0.5, 0.6) is 0 Å². The highest BCUT2D eigenvalue weighted by Crippen LogP contribution is 2.21. The Kier molecular flexibility index (Phi) is 2.72. The summed E-state index contributed by atoms with van der Waals surface area (Å²) >= 11 is 0. The van der Waals surface area contributed by atoms with Gasteiger partial charge in [-0.25, -0.2) is 0 Å². The zero-order valence-corrected chi connectivity index (χ0v) is 9.18. The fourth-order valence-corrected chi connectivity index (χ4v) is 1.41. The van der Waals surface area contributed by atoms with Gasteiger partial charge in [0.15, 0.2) is 12.0 Å². The Labute approximate surface area is 93.5 Å². The van der Waals surface area contributed by atoms with Crippen LogP contribution in [0.4, 0.5) is 5.69 Å². The summed E-state index contributed by atoms with van der Waals surface area (Å²) in [4.78, 5) is 12.5. The molecule has 82 valence electrons. The number of carbonyl (C=O) groups excluding carboxylic acids is 1. The van der Waals surface area contributed by atoms with E-state index in [0.29, 0.717) is 12.0 Å². The van der Waals surface area contributed by atoms with Crippen LogP contribution in [0.1, 0.15) is 10.6 Å². The quantitative estimate of drug-likeness (QED) is 0.738. The van der Waals surface area contributed by atoms with Crippen molar-refractivity contribution in [1.29, 1.82) is 0 Å². The largest absolute Gasteiger partial charge is 0.378 e. The Morgan fingerprint density at radius 3 is 2.44 bits per heavy atom. The Morgan fingerprint density at radius 2 is 1.94 bits per heavy atom. The molecule has 0 spiro atoms. The van der Waals surface area contributed by atoms with E-state index in [1.165, 1.54) is 0 Å². The summed E-state index contributed by atoms with van der Waals surface area (Å²) in [7, 11) is 3.96. The molecule has 0 aliphatic heterocycles. The summed E-state index contributed by atoms with van der Waals surface area (Å²) in [6.07, 6.45) is 0.644. The average Bonchev–Trinajstić information content (AvgIpc) is 2.77. The fourth-order valence-electron chi connectivity index (χ4n) is 1.41. The minimum atomic E-state index is 0.242. The molecule has 2 aromatic rings. The first-order chi connectivity index (χ1) is 7.70. The maximum absolute atomic E-state index is 10.5. The fraction of sp³-hybridized carbons (Fsp3) is 0.167. The lowest BCUT2D eigenvalue weighted by atomic mass is 10.1. The molecule has 0 N–H and O–H groups in total. The van der Waals surface area contributed by atoms with Gasteiger partial charge in [0, 0.05) is 31.4 Å². The minimum absolute atomic E-state index is 0.242. The van der Waals surface area contributed by atoms with E-state index in [0.717, 1.165) is 11.3 Å². The number of benzene rings is 1. The molecule has 0 aliphatic carbocycles. The van der Waals surface area contributed by atoms with Crippen LogP contribution >= 0.6 is 0 Å². The third-order valence-corrected chi connectivity index (χ3v) is 2.32. The van der Waals surface area contributed by atoms with E-state index in [1.54, 1.807) is 6.07 Å². The van der Waals surface area contributed by atoms with Crippen molar-refractivity contribution in [2.24, 2.45) is 0 Å². The van der Waals surface area contributed by atoms with Crippen molar-refractivity contribution in [2.45, 2.75) is 0 Å². The van der Waals surface area contributed by atoms with Crippen LogP contribution in [0.2, 0.25) is 0 Å². The average molecular weight is 216 g/mol. The van der Waals surface area contributed by atoms with E-state index in [2.05, 4.69) is 5.16 Å². The number of rotatable bonds is 3. The Hall–Kier alpha value is -2.10. The molecule has 0 atom stereocenters. The molecule has 16 heavy (non-hydrogen) atoms. The van der Waals surface area contributed by atoms with E-state index in [4.69, 9.17) is 4.52 Å². The summed E-state index contributed by atoms with van der Waals surface area (Å²) in [5, 5.41) is 3.81. The summed E-state index contributed by atoms with van der Waals surface area (Å²) in [5.74, 6) is 0.242. The molecule has 4 nitrogen and oxygen atoms in total. The zero-order valence-electron chi connectivity index (χ0n) is 9.18. The van der Waals surface area contributed by atoms with Crippen molar-refractivity contribution in [3.8, 4) is 11.3 Å². The number of carbonyl (C=O) groups is 1. The molecule has 1 aromatic carbocycles. The van der Waals surface area contributed by atoms with Crippen LogP contribution in [0, 0.1) is 0 Å². The molecule has 0 saturated heterocycles. The van der Waals surface area contributed by atoms with E-state index >= 15 is 0 Å². The number of aromatic nitrogens is 1. The molecule has 1 aromatic heterocycles. The van der Waals surface area contributed by atoms with Gasteiger partial charge < -0.3 is 9.42 Å². The van der Waals surface area contributed by atoms with Crippen molar-refractivity contribution in [3.05, 3.63) is 36.1 Å². The third-order valence-electron chi connectivity index (χ3n) is 2.32. The highest BCUT2D eigenvalue weighted by Gasteiger charge is 2.05. The first-order valence-electron chi connectivity index (χ1n) is 4.90. The monoisotopic (exact) mass is 216 g/mol. The first-order valence-corrected chi connectivity index (χ1v) is 4.90. The van der Waals surface area contributed by atoms with Gasteiger partial charge in [0.25, 0.3) is 0 Å². The topological polar surface area (TPSA) is 46.3 Å². The maximum atomic E-state index is 10.5. The lowest BCUT2D eigenvalue weighted by Gasteiger charge is -2.11. The smallest absolute Gasteiger partial charge is 0.199 e. The Bertz CT molecular complexity index is 486. The molecule has 0 amide bonds. The van der Waals surface area contributed by atoms with E-state index in [9.17, 15) is 4.79 Å². The molecule has 0 unspecified atom stereocenters. The molecule has 1 heterocycles. The second-order valence-electron chi connectivity index (χ2n) is 3.67. The van der Waals surface area contributed by atoms with E-state index in [-0.39, 0.29) is 5.76 Å². The summed E-state index contributed by atoms with van der Waals surface area (Å²) < 4.78 is 4.82. The van der Waals surface area contributed by atoms with Crippen molar-refractivity contribution < 1.29 is 9.32 Å². The van der Waals surface area contributed by atoms with E-state index < -0.39 is 0 Å². The Balaban J connectivity index is 2.30. The standard InChI is InChI=1S/C12H12N2O2/c1-14(2)10-5-3-9(4-6-10)12-7-11(8-15)16-13-12/h3-8H,1-2H3. The number of aldehydes is 1. The number of hydrogen-bond acceptors (Lipinski definition) is 4. The highest BCUT2D eigenvalue weighted by atomic mass is 16.5. The lowest BCUT2D eigenvalue weighted by molar-refractivity contribution is 0.109. The van der Waals surface area contributed by atoms with Crippen LogP contribution < -0.4 is 4.90 Å². The van der Waals surface area contributed by atoms with Gasteiger partial charge in [-0.2, -0.15) is 0 Å². The summed E-state index contributed by atoms with van der Waals surface area (Å²) in [6.45, 7) is 0. The summed E-state index contributed by atoms with van der Waals surface area (Å²) in [6, 6.07) is 9.50. The molecular formula is C12H12N2O2. The Morgan fingerprint density at radius 1 is 1.25 bits per heavy atom. The molecule has 2 rings (SSSR count). The molecule has 0 aliphatic rings. The number of nitrogens with zero attached hydrogens (tertiary/aromatic N) is 2. The van der Waals surface area contributed by atoms with Crippen LogP contribution in [0.25, 0.3) is 11.3 Å². The van der Waals surface area contributed by atoms with Crippen molar-refractivity contribution in [2.75, 3.05) is 19.0 Å². The normalized spacial score (nSPS) is 10.1. The van der Waals surface area contributed by atoms with Crippen molar-refractivity contribution >= 4 is 12.0 Å². The molecule has 0 bridgehead atoms. The van der Waals surface area contributed by atoms with Gasteiger partial charge in [-0.15, -0.1) is 0 Å². The van der Waals surface area contributed by atoms with Crippen LogP contribution in [0.3, 0.4) is 0 Å². The van der Waals surface area contributed by atoms with Crippen LogP contribution in [-0.2, 0) is 0 Å². The number of anilines is 1. The van der Waals surface area contributed by atoms with Crippen molar-refractivity contribution in [3.63, 3.8) is 0 Å². The first kappa shape index (κ1) is 10.4. The molecule has 4 heteroatoms. The molecule has 0 fully saturated rings. The lowest BCUT2D eigenvalue weighted by Crippen LogP contribution is -2.07. The maximum Gasteiger partial charge on any atom is 0.199 e. The predicted molar refractivity (Wildman–Crippen MR) is 61.7 cm³/mol. The van der Waals surface area contributed by atoms with Crippen molar-refractivity contribution in [1.82, 2.24) is 5.16 Å².